The lowest BCUT2D eigenvalue weighted by Crippen LogP contribution is -2.62. The van der Waals surface area contributed by atoms with Gasteiger partial charge < -0.3 is 84.4 Å². The molecule has 9 amide bonds. The fourth-order valence-corrected chi connectivity index (χ4v) is 7.48. The number of hydrogen-bond donors (Lipinski definition) is 13. The number of aliphatic imine (C=N–C) groups is 1. The first-order valence-electron chi connectivity index (χ1n) is 24.6. The first kappa shape index (κ1) is 67.0. The normalized spacial score (nSPS) is 13.6. The summed E-state index contributed by atoms with van der Waals surface area (Å²) < 4.78 is 4.66. The number of aliphatic hydroxyl groups is 2. The Morgan fingerprint density at radius 1 is 0.789 bits per heavy atom. The van der Waals surface area contributed by atoms with Gasteiger partial charge in [0, 0.05) is 49.3 Å². The molecule has 1 heterocycles. The van der Waals surface area contributed by atoms with Crippen molar-refractivity contribution in [3.05, 3.63) is 36.0 Å². The number of fused-ring (bicyclic) bond motifs is 1. The number of methoxy groups -OCH3 is 1. The molecule has 2 aromatic rings. The van der Waals surface area contributed by atoms with Gasteiger partial charge in [-0.25, -0.2) is 0 Å². The zero-order valence-electron chi connectivity index (χ0n) is 44.3. The molecule has 18 N–H and O–H groups in total. The maximum Gasteiger partial charge on any atom is 0.308 e. The van der Waals surface area contributed by atoms with Crippen LogP contribution in [0.2, 0.25) is 0 Å². The average molecular weight is 1100 g/mol. The molecule has 0 radical (unpaired) electrons. The lowest BCUT2D eigenvalue weighted by molar-refractivity contribution is -0.144. The van der Waals surface area contributed by atoms with Gasteiger partial charge in [-0.3, -0.25) is 52.9 Å². The molecule has 0 aliphatic carbocycles. The summed E-state index contributed by atoms with van der Waals surface area (Å²) >= 11 is 1.41. The predicted octanol–water partition coefficient (Wildman–Crippen LogP) is -3.88. The monoisotopic (exact) mass is 1090 g/mol. The van der Waals surface area contributed by atoms with E-state index in [0.29, 0.717) is 18.6 Å². The molecule has 0 saturated heterocycles. The highest BCUT2D eigenvalue weighted by molar-refractivity contribution is 7.98. The maximum absolute atomic E-state index is 13.6. The largest absolute Gasteiger partial charge is 0.469 e. The number of primary amides is 1. The first-order chi connectivity index (χ1) is 35.9. The summed E-state index contributed by atoms with van der Waals surface area (Å²) in [5, 5.41) is 45.5. The summed E-state index contributed by atoms with van der Waals surface area (Å²) in [4.78, 5) is 137. The molecule has 1 aromatic carbocycles. The van der Waals surface area contributed by atoms with Crippen LogP contribution in [-0.2, 0) is 52.7 Å². The lowest BCUT2D eigenvalue weighted by Gasteiger charge is -2.29. The van der Waals surface area contributed by atoms with Gasteiger partial charge in [0.15, 0.2) is 5.96 Å². The number of para-hydroxylation sites is 1. The SMILES string of the molecule is COC(=O)C[C@H](NC(=O)[C@H](CO)NC(=O)[C@H](CCCN=C(N)N)N(C)C(=O)CCSC)C(=O)N[C@H](C(=O)N[C@@H](CC(C)C)C(=O)NCC(=O)NCC(=O)N[C@@H](CCCC[OH2+])C(N)=O)[C@@H](C)O.Cc1c[nH]c2ccccc12. The highest BCUT2D eigenvalue weighted by Crippen LogP contribution is 2.16. The third-order valence-electron chi connectivity index (χ3n) is 11.3. The van der Waals surface area contributed by atoms with Crippen molar-refractivity contribution >= 4 is 87.8 Å². The number of aliphatic hydroxyl groups excluding tert-OH is 2. The van der Waals surface area contributed by atoms with Gasteiger partial charge in [0.1, 0.15) is 42.9 Å². The highest BCUT2D eigenvalue weighted by Gasteiger charge is 2.36. The second-order valence-electron chi connectivity index (χ2n) is 18.0. The number of carbonyl (C=O) groups excluding carboxylic acids is 10. The fourth-order valence-electron chi connectivity index (χ4n) is 7.10. The average Bonchev–Trinajstić information content (AvgIpc) is 3.75. The first-order valence-corrected chi connectivity index (χ1v) is 26.0. The molecule has 0 saturated carbocycles. The molecule has 7 atom stereocenters. The molecule has 2 rings (SSSR count). The van der Waals surface area contributed by atoms with Crippen LogP contribution in [-0.4, -0.2) is 192 Å². The number of guanidine groups is 1. The number of rotatable bonds is 33. The zero-order chi connectivity index (χ0) is 57.5. The smallest absolute Gasteiger partial charge is 0.308 e. The van der Waals surface area contributed by atoms with Crippen molar-refractivity contribution in [1.82, 2.24) is 47.1 Å². The molecular weight excluding hydrogens is 1010 g/mol. The number of nitrogens with two attached hydrogens (primary N) is 3. The number of aromatic nitrogens is 1. The predicted molar refractivity (Wildman–Crippen MR) is 285 cm³/mol. The number of aromatic amines is 1. The van der Waals surface area contributed by atoms with Gasteiger partial charge in [0.05, 0.1) is 39.3 Å². The summed E-state index contributed by atoms with van der Waals surface area (Å²) in [6, 6.07) is -0.524. The van der Waals surface area contributed by atoms with Crippen LogP contribution < -0.4 is 54.4 Å². The van der Waals surface area contributed by atoms with Gasteiger partial charge in [0.2, 0.25) is 53.2 Å². The van der Waals surface area contributed by atoms with E-state index in [0.717, 1.165) is 14.0 Å². The van der Waals surface area contributed by atoms with Gasteiger partial charge in [0.25, 0.3) is 0 Å². The summed E-state index contributed by atoms with van der Waals surface area (Å²) in [6.07, 6.45) is 2.92. The number of hydrogen-bond acceptors (Lipinski definition) is 15. The second-order valence-corrected chi connectivity index (χ2v) is 19.0. The number of unbranched alkanes of at least 4 members (excludes halogenated alkanes) is 1. The highest BCUT2D eigenvalue weighted by atomic mass is 32.2. The molecule has 1 aromatic heterocycles. The molecule has 0 unspecified atom stereocenters. The zero-order valence-corrected chi connectivity index (χ0v) is 45.1. The van der Waals surface area contributed by atoms with Crippen LogP contribution in [0.4, 0.5) is 0 Å². The minimum Gasteiger partial charge on any atom is -0.469 e. The Kier molecular flexibility index (Phi) is 31.8. The molecule has 0 aliphatic heterocycles. The Morgan fingerprint density at radius 3 is 2.00 bits per heavy atom. The van der Waals surface area contributed by atoms with Crippen LogP contribution in [0.5, 0.6) is 0 Å². The molecule has 76 heavy (non-hydrogen) atoms. The molecule has 0 spiro atoms. The van der Waals surface area contributed by atoms with E-state index in [1.54, 1.807) is 20.1 Å². The van der Waals surface area contributed by atoms with E-state index < -0.39 is 122 Å². The summed E-state index contributed by atoms with van der Waals surface area (Å²) in [5.41, 5.74) is 18.6. The Hall–Kier alpha value is -7.04. The molecule has 0 aliphatic rings. The number of nitrogens with one attached hydrogen (secondary N) is 8. The van der Waals surface area contributed by atoms with Crippen molar-refractivity contribution in [3.8, 4) is 0 Å². The topological polar surface area (TPSA) is 437 Å². The van der Waals surface area contributed by atoms with Crippen LogP contribution in [0.1, 0.15) is 77.7 Å². The minimum absolute atomic E-state index is 0.00494. The second kappa shape index (κ2) is 36.0. The van der Waals surface area contributed by atoms with Crippen LogP contribution in [0.25, 0.3) is 10.9 Å². The number of nitrogens with zero attached hydrogens (tertiary/aromatic N) is 2. The molecule has 0 bridgehead atoms. The van der Waals surface area contributed by atoms with Gasteiger partial charge in [-0.05, 0) is 69.8 Å². The Morgan fingerprint density at radius 2 is 1.42 bits per heavy atom. The number of likely N-dealkylation sites (N-methyl/N-ethyl adjacent to an activating group) is 1. The van der Waals surface area contributed by atoms with E-state index in [1.165, 1.54) is 40.2 Å². The quantitative estimate of drug-likeness (QED) is 0.0107. The van der Waals surface area contributed by atoms with E-state index >= 15 is 0 Å². The number of benzene rings is 1. The Labute approximate surface area is 446 Å². The van der Waals surface area contributed by atoms with Crippen molar-refractivity contribution in [2.75, 3.05) is 59.0 Å². The number of esters is 1. The number of amides is 9. The van der Waals surface area contributed by atoms with Crippen LogP contribution in [0, 0.1) is 12.8 Å². The summed E-state index contributed by atoms with van der Waals surface area (Å²) in [7, 11) is 2.39. The van der Waals surface area contributed by atoms with E-state index in [9.17, 15) is 58.2 Å². The minimum atomic E-state index is -1.82. The number of carbonyl (C=O) groups is 10. The molecule has 28 heteroatoms. The van der Waals surface area contributed by atoms with Gasteiger partial charge in [-0.1, -0.05) is 32.0 Å². The molecular formula is C48H80N13O14S+. The van der Waals surface area contributed by atoms with Crippen molar-refractivity contribution in [2.24, 2.45) is 28.1 Å². The summed E-state index contributed by atoms with van der Waals surface area (Å²) in [6.45, 7) is 4.72. The van der Waals surface area contributed by atoms with E-state index in [2.05, 4.69) is 77.1 Å². The number of thioether (sulfide) groups is 1. The van der Waals surface area contributed by atoms with Crippen molar-refractivity contribution < 1.29 is 68.0 Å². The number of H-pyrrole nitrogens is 1. The molecule has 426 valence electrons. The van der Waals surface area contributed by atoms with Crippen LogP contribution in [0.3, 0.4) is 0 Å². The molecule has 0 fully saturated rings. The summed E-state index contributed by atoms with van der Waals surface area (Å²) in [5.74, 6) is -8.80. The van der Waals surface area contributed by atoms with Crippen molar-refractivity contribution in [1.29, 1.82) is 0 Å². The van der Waals surface area contributed by atoms with Crippen molar-refractivity contribution in [2.45, 2.75) is 121 Å². The van der Waals surface area contributed by atoms with Gasteiger partial charge in [-0.2, -0.15) is 11.8 Å². The third kappa shape index (κ3) is 25.5. The lowest BCUT2D eigenvalue weighted by atomic mass is 10.0. The van der Waals surface area contributed by atoms with E-state index in [4.69, 9.17) is 22.3 Å². The van der Waals surface area contributed by atoms with Gasteiger partial charge >= 0.3 is 5.97 Å². The van der Waals surface area contributed by atoms with E-state index in [-0.39, 0.29) is 63.0 Å². The fraction of sp³-hybridized carbons (Fsp3) is 0.604. The van der Waals surface area contributed by atoms with Gasteiger partial charge in [-0.15, -0.1) is 0 Å². The maximum atomic E-state index is 13.6. The number of aryl methyl sites for hydroxylation is 1. The van der Waals surface area contributed by atoms with Crippen LogP contribution >= 0.6 is 11.8 Å². The Balaban J connectivity index is 0.00000253. The Bertz CT molecular complexity index is 2260. The van der Waals surface area contributed by atoms with E-state index in [1.807, 2.05) is 12.3 Å². The third-order valence-corrected chi connectivity index (χ3v) is 11.9. The number of ether oxygens (including phenoxy) is 1. The standard InChI is InChI=1S/C39H70N12O14S.C9H9N/c1-21(2)16-24(34(60)45-18-28(55)44-19-29(56)46-23(33(40)59)10-7-8-14-52)48-38(64)32(22(3)54)50-35(61)25(17-31(58)65-5)47-36(62)26(20-53)49-37(63)27(11-9-13-43-39(41)42)51(4)30(57)12-15-66-6;1-7-6-10-9-5-3-2-4-8(7)9/h21-27,32,52-54H,7-20H2,1-6H3,(H2,40,59)(H,44,55)(H,45,60)(H,46,56)(H,47,62)(H,48,64)(H,49,63)(H,50,61)(H4,41,42,43);2-6,10H,1H3/p+1/t22-,23+,24+,25+,26+,27+,32+;/m1./s1. The van der Waals surface area contributed by atoms with Crippen molar-refractivity contribution in [3.63, 3.8) is 0 Å². The van der Waals surface area contributed by atoms with Crippen LogP contribution in [0.15, 0.2) is 35.5 Å². The molecule has 27 nitrogen and oxygen atoms in total.